The molecule has 3 nitrogen and oxygen atoms in total. The summed E-state index contributed by atoms with van der Waals surface area (Å²) >= 11 is 8.48. The third-order valence-corrected chi connectivity index (χ3v) is 5.14. The quantitative estimate of drug-likeness (QED) is 0.669. The molecule has 0 radical (unpaired) electrons. The zero-order valence-corrected chi connectivity index (χ0v) is 15.7. The van der Waals surface area contributed by atoms with Gasteiger partial charge in [0.25, 0.3) is 5.91 Å². The van der Waals surface area contributed by atoms with Crippen LogP contribution in [-0.4, -0.2) is 24.5 Å². The third-order valence-electron chi connectivity index (χ3n) is 3.04. The van der Waals surface area contributed by atoms with Crippen molar-refractivity contribution in [3.63, 3.8) is 0 Å². The summed E-state index contributed by atoms with van der Waals surface area (Å²) in [6, 6.07) is 9.48. The Hall–Kier alpha value is -0.850. The van der Waals surface area contributed by atoms with Crippen molar-refractivity contribution in [2.24, 2.45) is 0 Å². The normalized spacial score (nSPS) is 10.5. The fourth-order valence-corrected chi connectivity index (χ4v) is 3.80. The molecule has 6 heteroatoms. The lowest BCUT2D eigenvalue weighted by molar-refractivity contribution is 0.0751. The molecule has 1 aromatic carbocycles. The summed E-state index contributed by atoms with van der Waals surface area (Å²) in [6.07, 6.45) is 0. The minimum absolute atomic E-state index is 0.0219. The molecule has 0 aliphatic rings. The van der Waals surface area contributed by atoms with Crippen molar-refractivity contribution in [2.75, 3.05) is 13.7 Å². The molecule has 0 aliphatic carbocycles. The molecule has 0 unspecified atom stereocenters. The topological polar surface area (TPSA) is 29.5 Å². The lowest BCUT2D eigenvalue weighted by Gasteiger charge is -2.21. The molecule has 0 spiro atoms. The number of amides is 1. The molecule has 112 valence electrons. The second-order valence-electron chi connectivity index (χ2n) is 4.37. The van der Waals surface area contributed by atoms with Crippen molar-refractivity contribution >= 4 is 49.1 Å². The molecule has 0 fully saturated rings. The van der Waals surface area contributed by atoms with Gasteiger partial charge in [0.2, 0.25) is 0 Å². The molecule has 21 heavy (non-hydrogen) atoms. The van der Waals surface area contributed by atoms with Gasteiger partial charge in [0.05, 0.1) is 23.0 Å². The number of hydrogen-bond donors (Lipinski definition) is 0. The van der Waals surface area contributed by atoms with Crippen LogP contribution in [0.1, 0.15) is 22.2 Å². The van der Waals surface area contributed by atoms with Gasteiger partial charge in [-0.3, -0.25) is 4.79 Å². The monoisotopic (exact) mass is 431 g/mol. The summed E-state index contributed by atoms with van der Waals surface area (Å²) in [5, 5.41) is 0. The van der Waals surface area contributed by atoms with Gasteiger partial charge in [0, 0.05) is 15.9 Å². The molecular weight excluding hydrogens is 418 g/mol. The molecule has 0 bridgehead atoms. The Labute approximate surface area is 145 Å². The van der Waals surface area contributed by atoms with E-state index >= 15 is 0 Å². The maximum absolute atomic E-state index is 12.7. The number of carbonyl (C=O) groups is 1. The number of nitrogens with zero attached hydrogens (tertiary/aromatic N) is 1. The Kier molecular flexibility index (Phi) is 5.84. The van der Waals surface area contributed by atoms with Crippen molar-refractivity contribution in [3.05, 3.63) is 49.0 Å². The van der Waals surface area contributed by atoms with Crippen LogP contribution in [0.5, 0.6) is 5.75 Å². The van der Waals surface area contributed by atoms with Crippen molar-refractivity contribution < 1.29 is 9.53 Å². The average Bonchev–Trinajstić information content (AvgIpc) is 2.89. The third kappa shape index (κ3) is 4.08. The number of halogens is 2. The van der Waals surface area contributed by atoms with Crippen molar-refractivity contribution in [3.8, 4) is 5.75 Å². The van der Waals surface area contributed by atoms with Gasteiger partial charge in [0.1, 0.15) is 5.75 Å². The van der Waals surface area contributed by atoms with E-state index in [1.165, 1.54) is 0 Å². The first-order valence-electron chi connectivity index (χ1n) is 6.42. The van der Waals surface area contributed by atoms with Crippen LogP contribution >= 0.6 is 43.2 Å². The largest absolute Gasteiger partial charge is 0.496 e. The Morgan fingerprint density at radius 3 is 2.62 bits per heavy atom. The fraction of sp³-hybridized carbons (Fsp3) is 0.267. The van der Waals surface area contributed by atoms with E-state index in [1.807, 2.05) is 36.1 Å². The summed E-state index contributed by atoms with van der Waals surface area (Å²) in [5.41, 5.74) is 0.582. The van der Waals surface area contributed by atoms with Crippen LogP contribution in [0.3, 0.4) is 0 Å². The van der Waals surface area contributed by atoms with E-state index in [0.29, 0.717) is 24.4 Å². The summed E-state index contributed by atoms with van der Waals surface area (Å²) in [4.78, 5) is 15.7. The Morgan fingerprint density at radius 2 is 2.05 bits per heavy atom. The number of benzene rings is 1. The molecule has 2 aromatic rings. The average molecular weight is 433 g/mol. The molecule has 0 atom stereocenters. The second-order valence-corrected chi connectivity index (χ2v) is 7.83. The van der Waals surface area contributed by atoms with E-state index in [1.54, 1.807) is 24.5 Å². The van der Waals surface area contributed by atoms with E-state index in [2.05, 4.69) is 31.9 Å². The van der Waals surface area contributed by atoms with Gasteiger partial charge in [-0.25, -0.2) is 0 Å². The van der Waals surface area contributed by atoms with E-state index < -0.39 is 0 Å². The van der Waals surface area contributed by atoms with Crippen molar-refractivity contribution in [1.82, 2.24) is 4.90 Å². The molecule has 0 saturated heterocycles. The smallest absolute Gasteiger partial charge is 0.257 e. The zero-order chi connectivity index (χ0) is 15.4. The molecule has 1 amide bonds. The highest BCUT2D eigenvalue weighted by Crippen LogP contribution is 2.27. The van der Waals surface area contributed by atoms with E-state index in [4.69, 9.17) is 4.74 Å². The highest BCUT2D eigenvalue weighted by atomic mass is 79.9. The van der Waals surface area contributed by atoms with Crippen LogP contribution in [0.2, 0.25) is 0 Å². The van der Waals surface area contributed by atoms with Crippen LogP contribution in [0, 0.1) is 0 Å². The number of thiophene rings is 1. The van der Waals surface area contributed by atoms with Crippen LogP contribution < -0.4 is 4.74 Å². The number of methoxy groups -OCH3 is 1. The van der Waals surface area contributed by atoms with Gasteiger partial charge in [-0.05, 0) is 53.2 Å². The van der Waals surface area contributed by atoms with E-state index in [-0.39, 0.29) is 5.91 Å². The molecule has 2 rings (SSSR count). The highest BCUT2D eigenvalue weighted by molar-refractivity contribution is 9.11. The van der Waals surface area contributed by atoms with Crippen LogP contribution in [0.15, 0.2) is 38.6 Å². The Morgan fingerprint density at radius 1 is 1.29 bits per heavy atom. The van der Waals surface area contributed by atoms with Gasteiger partial charge in [-0.2, -0.15) is 0 Å². The predicted molar refractivity (Wildman–Crippen MR) is 93.1 cm³/mol. The highest BCUT2D eigenvalue weighted by Gasteiger charge is 2.19. The van der Waals surface area contributed by atoms with Gasteiger partial charge < -0.3 is 9.64 Å². The van der Waals surface area contributed by atoms with Crippen molar-refractivity contribution in [2.45, 2.75) is 13.5 Å². The van der Waals surface area contributed by atoms with Crippen molar-refractivity contribution in [1.29, 1.82) is 0 Å². The summed E-state index contributed by atoms with van der Waals surface area (Å²) in [7, 11) is 1.57. The molecule has 0 aliphatic heterocycles. The number of ether oxygens (including phenoxy) is 1. The standard InChI is InChI=1S/C15H15Br2NO2S/c1-3-18(9-11-5-7-14(17)21-11)15(19)12-6-4-10(16)8-13(12)20-2/h4-8H,3,9H2,1-2H3. The fourth-order valence-electron chi connectivity index (χ4n) is 1.96. The first-order chi connectivity index (χ1) is 10.0. The predicted octanol–water partition coefficient (Wildman–Crippen LogP) is 4.94. The maximum atomic E-state index is 12.7. The van der Waals surface area contributed by atoms with E-state index in [0.717, 1.165) is 13.1 Å². The number of carbonyl (C=O) groups excluding carboxylic acids is 1. The molecule has 1 heterocycles. The summed E-state index contributed by atoms with van der Waals surface area (Å²) in [6.45, 7) is 3.23. The number of hydrogen-bond acceptors (Lipinski definition) is 3. The molecule has 0 saturated carbocycles. The Balaban J connectivity index is 2.23. The summed E-state index contributed by atoms with van der Waals surface area (Å²) in [5.74, 6) is 0.562. The zero-order valence-electron chi connectivity index (χ0n) is 11.7. The van der Waals surface area contributed by atoms with Gasteiger partial charge in [-0.15, -0.1) is 11.3 Å². The first-order valence-corrected chi connectivity index (χ1v) is 8.82. The maximum Gasteiger partial charge on any atom is 0.257 e. The lowest BCUT2D eigenvalue weighted by atomic mass is 10.1. The minimum Gasteiger partial charge on any atom is -0.496 e. The molecule has 0 N–H and O–H groups in total. The SMILES string of the molecule is CCN(Cc1ccc(Br)s1)C(=O)c1ccc(Br)cc1OC. The Bertz CT molecular complexity index is 642. The van der Waals surface area contributed by atoms with Gasteiger partial charge >= 0.3 is 0 Å². The first kappa shape index (κ1) is 16.5. The number of rotatable bonds is 5. The second kappa shape index (κ2) is 7.42. The summed E-state index contributed by atoms with van der Waals surface area (Å²) < 4.78 is 7.28. The van der Waals surface area contributed by atoms with Crippen LogP contribution in [0.4, 0.5) is 0 Å². The van der Waals surface area contributed by atoms with Gasteiger partial charge in [0.15, 0.2) is 0 Å². The molecular formula is C15H15Br2NO2S. The van der Waals surface area contributed by atoms with Gasteiger partial charge in [-0.1, -0.05) is 15.9 Å². The van der Waals surface area contributed by atoms with Crippen LogP contribution in [0.25, 0.3) is 0 Å². The molecule has 1 aromatic heterocycles. The minimum atomic E-state index is -0.0219. The lowest BCUT2D eigenvalue weighted by Crippen LogP contribution is -2.30. The van der Waals surface area contributed by atoms with Crippen LogP contribution in [-0.2, 0) is 6.54 Å². The van der Waals surface area contributed by atoms with E-state index in [9.17, 15) is 4.79 Å².